The number of methoxy groups -OCH3 is 1. The number of rotatable bonds is 9. The maximum Gasteiger partial charge on any atom is 0.231 e. The molecule has 0 saturated carbocycles. The van der Waals surface area contributed by atoms with Gasteiger partial charge in [-0.1, -0.05) is 12.1 Å². The molecule has 1 N–H and O–H groups in total. The molecule has 0 aliphatic heterocycles. The van der Waals surface area contributed by atoms with Crippen molar-refractivity contribution in [2.45, 2.75) is 19.3 Å². The fourth-order valence-corrected chi connectivity index (χ4v) is 2.48. The summed E-state index contributed by atoms with van der Waals surface area (Å²) in [6, 6.07) is 11.5. The predicted octanol–water partition coefficient (Wildman–Crippen LogP) is 1.84. The summed E-state index contributed by atoms with van der Waals surface area (Å²) < 4.78 is 5.18. The van der Waals surface area contributed by atoms with Gasteiger partial charge in [-0.2, -0.15) is 0 Å². The van der Waals surface area contributed by atoms with Gasteiger partial charge in [0.25, 0.3) is 0 Å². The first kappa shape index (κ1) is 19.4. The summed E-state index contributed by atoms with van der Waals surface area (Å²) in [5, 5.41) is 2.79. The third-order valence-corrected chi connectivity index (χ3v) is 4.09. The summed E-state index contributed by atoms with van der Waals surface area (Å²) >= 11 is 0. The second-order valence-electron chi connectivity index (χ2n) is 6.05. The Labute approximate surface area is 154 Å². The molecule has 1 heterocycles. The van der Waals surface area contributed by atoms with Gasteiger partial charge in [0.05, 0.1) is 7.11 Å². The number of hydrogen-bond acceptors (Lipinski definition) is 4. The molecule has 0 bridgehead atoms. The lowest BCUT2D eigenvalue weighted by molar-refractivity contribution is -0.135. The van der Waals surface area contributed by atoms with Crippen LogP contribution in [0.15, 0.2) is 48.8 Å². The van der Waals surface area contributed by atoms with E-state index in [4.69, 9.17) is 4.74 Å². The van der Waals surface area contributed by atoms with Crippen molar-refractivity contribution < 1.29 is 14.3 Å². The summed E-state index contributed by atoms with van der Waals surface area (Å²) in [6.07, 6.45) is 4.75. The number of carbonyl (C=O) groups is 2. The molecule has 6 heteroatoms. The Hall–Kier alpha value is -2.89. The Kier molecular flexibility index (Phi) is 7.61. The van der Waals surface area contributed by atoms with Gasteiger partial charge < -0.3 is 15.0 Å². The topological polar surface area (TPSA) is 71.5 Å². The fraction of sp³-hybridized carbons (Fsp3) is 0.350. The van der Waals surface area contributed by atoms with Gasteiger partial charge in [-0.25, -0.2) is 0 Å². The molecule has 1 aromatic heterocycles. The molecule has 2 rings (SSSR count). The van der Waals surface area contributed by atoms with Gasteiger partial charge >= 0.3 is 0 Å². The second kappa shape index (κ2) is 10.2. The summed E-state index contributed by atoms with van der Waals surface area (Å²) in [4.78, 5) is 29.6. The third kappa shape index (κ3) is 6.55. The lowest BCUT2D eigenvalue weighted by Crippen LogP contribution is -2.35. The van der Waals surface area contributed by atoms with Crippen molar-refractivity contribution in [1.82, 2.24) is 15.2 Å². The van der Waals surface area contributed by atoms with Crippen molar-refractivity contribution in [2.75, 3.05) is 27.2 Å². The number of nitrogens with one attached hydrogen (secondary N) is 1. The molecular formula is C20H25N3O3. The standard InChI is InChI=1S/C20H25N3O3/c1-23(13-9-16-6-10-21-11-7-16)20(25)15-19(24)22-12-8-17-4-3-5-18(14-17)26-2/h3-7,10-11,14H,8-9,12-13,15H2,1-2H3,(H,22,24). The number of likely N-dealkylation sites (N-methyl/N-ethyl adjacent to an activating group) is 1. The van der Waals surface area contributed by atoms with Gasteiger partial charge in [0.15, 0.2) is 0 Å². The maximum atomic E-state index is 12.1. The lowest BCUT2D eigenvalue weighted by atomic mass is 10.1. The van der Waals surface area contributed by atoms with Crippen molar-refractivity contribution in [1.29, 1.82) is 0 Å². The van der Waals surface area contributed by atoms with Crippen LogP contribution in [0.3, 0.4) is 0 Å². The van der Waals surface area contributed by atoms with E-state index in [2.05, 4.69) is 10.3 Å². The number of pyridine rings is 1. The molecular weight excluding hydrogens is 330 g/mol. The molecule has 6 nitrogen and oxygen atoms in total. The predicted molar refractivity (Wildman–Crippen MR) is 99.9 cm³/mol. The average Bonchev–Trinajstić information content (AvgIpc) is 2.67. The van der Waals surface area contributed by atoms with E-state index in [0.29, 0.717) is 19.5 Å². The Balaban J connectivity index is 1.68. The minimum absolute atomic E-state index is 0.134. The lowest BCUT2D eigenvalue weighted by Gasteiger charge is -2.17. The molecule has 2 aromatic rings. The highest BCUT2D eigenvalue weighted by Gasteiger charge is 2.13. The summed E-state index contributed by atoms with van der Waals surface area (Å²) in [6.45, 7) is 1.06. The molecule has 0 aliphatic rings. The highest BCUT2D eigenvalue weighted by molar-refractivity contribution is 5.96. The van der Waals surface area contributed by atoms with Crippen LogP contribution in [-0.2, 0) is 22.4 Å². The van der Waals surface area contributed by atoms with Gasteiger partial charge in [-0.05, 0) is 48.2 Å². The molecule has 0 spiro atoms. The van der Waals surface area contributed by atoms with Crippen molar-refractivity contribution in [3.05, 3.63) is 59.9 Å². The SMILES string of the molecule is COc1cccc(CCNC(=O)CC(=O)N(C)CCc2ccncc2)c1. The van der Waals surface area contributed by atoms with Crippen molar-refractivity contribution in [3.8, 4) is 5.75 Å². The molecule has 138 valence electrons. The fourth-order valence-electron chi connectivity index (χ4n) is 2.48. The zero-order valence-electron chi connectivity index (χ0n) is 15.3. The van der Waals surface area contributed by atoms with E-state index in [1.54, 1.807) is 31.5 Å². The molecule has 0 atom stereocenters. The van der Waals surface area contributed by atoms with Gasteiger partial charge in [0.1, 0.15) is 12.2 Å². The molecule has 0 radical (unpaired) electrons. The van der Waals surface area contributed by atoms with E-state index < -0.39 is 0 Å². The van der Waals surface area contributed by atoms with E-state index in [-0.39, 0.29) is 18.2 Å². The first-order valence-electron chi connectivity index (χ1n) is 8.61. The molecule has 0 fully saturated rings. The first-order chi connectivity index (χ1) is 12.6. The Bertz CT molecular complexity index is 719. The number of ether oxygens (including phenoxy) is 1. The van der Waals surface area contributed by atoms with E-state index >= 15 is 0 Å². The largest absolute Gasteiger partial charge is 0.497 e. The van der Waals surface area contributed by atoms with Crippen LogP contribution < -0.4 is 10.1 Å². The quantitative estimate of drug-likeness (QED) is 0.697. The zero-order valence-corrected chi connectivity index (χ0v) is 15.3. The van der Waals surface area contributed by atoms with Crippen LogP contribution in [0.25, 0.3) is 0 Å². The molecule has 26 heavy (non-hydrogen) atoms. The first-order valence-corrected chi connectivity index (χ1v) is 8.61. The van der Waals surface area contributed by atoms with E-state index in [9.17, 15) is 9.59 Å². The number of aromatic nitrogens is 1. The molecule has 0 saturated heterocycles. The maximum absolute atomic E-state index is 12.1. The molecule has 1 aromatic carbocycles. The molecule has 2 amide bonds. The second-order valence-corrected chi connectivity index (χ2v) is 6.05. The minimum Gasteiger partial charge on any atom is -0.497 e. The highest BCUT2D eigenvalue weighted by Crippen LogP contribution is 2.12. The van der Waals surface area contributed by atoms with Crippen LogP contribution in [0, 0.1) is 0 Å². The van der Waals surface area contributed by atoms with Gasteiger partial charge in [-0.3, -0.25) is 14.6 Å². The minimum atomic E-state index is -0.256. The molecule has 0 unspecified atom stereocenters. The normalized spacial score (nSPS) is 10.2. The van der Waals surface area contributed by atoms with Gasteiger partial charge in [0.2, 0.25) is 11.8 Å². The van der Waals surface area contributed by atoms with Crippen LogP contribution in [0.1, 0.15) is 17.5 Å². The van der Waals surface area contributed by atoms with E-state index in [0.717, 1.165) is 23.3 Å². The van der Waals surface area contributed by atoms with Crippen LogP contribution in [0.5, 0.6) is 5.75 Å². The van der Waals surface area contributed by atoms with Crippen LogP contribution in [0.2, 0.25) is 0 Å². The Morgan fingerprint density at radius 3 is 2.62 bits per heavy atom. The van der Waals surface area contributed by atoms with E-state index in [1.165, 1.54) is 0 Å². The third-order valence-electron chi connectivity index (χ3n) is 4.09. The highest BCUT2D eigenvalue weighted by atomic mass is 16.5. The average molecular weight is 355 g/mol. The van der Waals surface area contributed by atoms with Gasteiger partial charge in [0, 0.05) is 32.5 Å². The number of benzene rings is 1. The number of amides is 2. The van der Waals surface area contributed by atoms with E-state index in [1.807, 2.05) is 36.4 Å². The number of nitrogens with zero attached hydrogens (tertiary/aromatic N) is 2. The zero-order chi connectivity index (χ0) is 18.8. The number of carbonyl (C=O) groups excluding carboxylic acids is 2. The van der Waals surface area contributed by atoms with Gasteiger partial charge in [-0.15, -0.1) is 0 Å². The number of hydrogen-bond donors (Lipinski definition) is 1. The summed E-state index contributed by atoms with van der Waals surface area (Å²) in [5.41, 5.74) is 2.19. The van der Waals surface area contributed by atoms with Crippen molar-refractivity contribution >= 4 is 11.8 Å². The smallest absolute Gasteiger partial charge is 0.231 e. The summed E-state index contributed by atoms with van der Waals surface area (Å²) in [5.74, 6) is 0.353. The van der Waals surface area contributed by atoms with Crippen LogP contribution >= 0.6 is 0 Å². The Morgan fingerprint density at radius 2 is 1.88 bits per heavy atom. The van der Waals surface area contributed by atoms with Crippen LogP contribution in [0.4, 0.5) is 0 Å². The van der Waals surface area contributed by atoms with Crippen molar-refractivity contribution in [3.63, 3.8) is 0 Å². The Morgan fingerprint density at radius 1 is 1.12 bits per heavy atom. The van der Waals surface area contributed by atoms with Crippen molar-refractivity contribution in [2.24, 2.45) is 0 Å². The van der Waals surface area contributed by atoms with Crippen LogP contribution in [-0.4, -0.2) is 48.9 Å². The monoisotopic (exact) mass is 355 g/mol. The summed E-state index contributed by atoms with van der Waals surface area (Å²) in [7, 11) is 3.34. The molecule has 0 aliphatic carbocycles.